The second kappa shape index (κ2) is 7.47. The standard InChI is InChI=1S/C17H23BrN2O4S/c1-10(2)16(17(21)24-5)19-25(22,23)15-9-14-12(8-13(15)18)6-7-20(14)11(3)4/h8-10,16,19H,3,6-7H2,1-2,4-5H3/t16-/m1/s1. The van der Waals surface area contributed by atoms with E-state index < -0.39 is 22.0 Å². The number of nitrogens with one attached hydrogen (secondary N) is 1. The number of sulfonamides is 1. The smallest absolute Gasteiger partial charge is 0.324 e. The molecular formula is C17H23BrN2O4S. The summed E-state index contributed by atoms with van der Waals surface area (Å²) in [6.45, 7) is 10.1. The lowest BCUT2D eigenvalue weighted by atomic mass is 10.1. The van der Waals surface area contributed by atoms with E-state index in [1.807, 2.05) is 17.9 Å². The fourth-order valence-corrected chi connectivity index (χ4v) is 5.25. The minimum absolute atomic E-state index is 0.0916. The lowest BCUT2D eigenvalue weighted by molar-refractivity contribution is -0.143. The molecule has 0 aromatic heterocycles. The third-order valence-electron chi connectivity index (χ3n) is 4.18. The predicted molar refractivity (Wildman–Crippen MR) is 101 cm³/mol. The molecule has 0 bridgehead atoms. The molecule has 0 fully saturated rings. The van der Waals surface area contributed by atoms with Crippen molar-refractivity contribution >= 4 is 37.6 Å². The Morgan fingerprint density at radius 1 is 1.40 bits per heavy atom. The van der Waals surface area contributed by atoms with E-state index in [0.717, 1.165) is 29.9 Å². The van der Waals surface area contributed by atoms with Gasteiger partial charge in [-0.05, 0) is 52.9 Å². The number of ether oxygens (including phenoxy) is 1. The van der Waals surface area contributed by atoms with Crippen molar-refractivity contribution in [3.05, 3.63) is 34.4 Å². The number of benzene rings is 1. The van der Waals surface area contributed by atoms with Crippen molar-refractivity contribution < 1.29 is 17.9 Å². The van der Waals surface area contributed by atoms with E-state index in [9.17, 15) is 13.2 Å². The van der Waals surface area contributed by atoms with Gasteiger partial charge in [0, 0.05) is 22.4 Å². The highest BCUT2D eigenvalue weighted by molar-refractivity contribution is 9.10. The van der Waals surface area contributed by atoms with Crippen LogP contribution in [0.5, 0.6) is 0 Å². The fourth-order valence-electron chi connectivity index (χ4n) is 2.80. The van der Waals surface area contributed by atoms with Crippen LogP contribution in [0.15, 0.2) is 33.8 Å². The summed E-state index contributed by atoms with van der Waals surface area (Å²) in [5, 5.41) is 0. The molecule has 138 valence electrons. The van der Waals surface area contributed by atoms with E-state index in [1.165, 1.54) is 7.11 Å². The molecule has 1 aromatic rings. The molecule has 1 N–H and O–H groups in total. The first kappa shape index (κ1) is 19.9. The van der Waals surface area contributed by atoms with E-state index >= 15 is 0 Å². The van der Waals surface area contributed by atoms with Crippen LogP contribution in [0.3, 0.4) is 0 Å². The van der Waals surface area contributed by atoms with Crippen LogP contribution in [0.2, 0.25) is 0 Å². The minimum atomic E-state index is -3.92. The minimum Gasteiger partial charge on any atom is -0.468 e. The molecule has 6 nitrogen and oxygen atoms in total. The van der Waals surface area contributed by atoms with Gasteiger partial charge in [0.15, 0.2) is 0 Å². The molecule has 1 atom stereocenters. The summed E-state index contributed by atoms with van der Waals surface area (Å²) in [4.78, 5) is 14.0. The number of carbonyl (C=O) groups excluding carboxylic acids is 1. The van der Waals surface area contributed by atoms with Crippen LogP contribution in [0, 0.1) is 5.92 Å². The second-order valence-corrected chi connectivity index (χ2v) is 8.95. The van der Waals surface area contributed by atoms with Crippen LogP contribution in [-0.2, 0) is 26.0 Å². The number of allylic oxidation sites excluding steroid dienone is 1. The van der Waals surface area contributed by atoms with Crippen molar-refractivity contribution in [1.82, 2.24) is 4.72 Å². The van der Waals surface area contributed by atoms with E-state index in [0.29, 0.717) is 4.47 Å². The topological polar surface area (TPSA) is 75.7 Å². The van der Waals surface area contributed by atoms with Gasteiger partial charge >= 0.3 is 5.97 Å². The van der Waals surface area contributed by atoms with Crippen LogP contribution in [0.1, 0.15) is 26.3 Å². The van der Waals surface area contributed by atoms with Crippen LogP contribution in [0.25, 0.3) is 0 Å². The van der Waals surface area contributed by atoms with Crippen molar-refractivity contribution in [2.24, 2.45) is 5.92 Å². The molecular weight excluding hydrogens is 408 g/mol. The number of rotatable bonds is 6. The molecule has 0 amide bonds. The summed E-state index contributed by atoms with van der Waals surface area (Å²) < 4.78 is 33.4. The van der Waals surface area contributed by atoms with Gasteiger partial charge in [0.2, 0.25) is 10.0 Å². The Morgan fingerprint density at radius 2 is 2.04 bits per heavy atom. The van der Waals surface area contributed by atoms with Gasteiger partial charge in [-0.25, -0.2) is 8.42 Å². The van der Waals surface area contributed by atoms with Gasteiger partial charge in [-0.15, -0.1) is 0 Å². The summed E-state index contributed by atoms with van der Waals surface area (Å²) in [5.41, 5.74) is 2.74. The van der Waals surface area contributed by atoms with Crippen molar-refractivity contribution in [3.8, 4) is 0 Å². The van der Waals surface area contributed by atoms with Gasteiger partial charge in [-0.1, -0.05) is 20.4 Å². The van der Waals surface area contributed by atoms with Gasteiger partial charge in [-0.3, -0.25) is 4.79 Å². The third-order valence-corrected chi connectivity index (χ3v) is 6.58. The Bertz CT molecular complexity index is 805. The first-order valence-corrected chi connectivity index (χ1v) is 10.2. The van der Waals surface area contributed by atoms with Crippen molar-refractivity contribution in [3.63, 3.8) is 0 Å². The van der Waals surface area contributed by atoms with E-state index in [4.69, 9.17) is 4.74 Å². The maximum Gasteiger partial charge on any atom is 0.324 e. The highest BCUT2D eigenvalue weighted by Crippen LogP contribution is 2.36. The summed E-state index contributed by atoms with van der Waals surface area (Å²) >= 11 is 3.35. The Hall–Kier alpha value is -1.38. The number of hydrogen-bond donors (Lipinski definition) is 1. The predicted octanol–water partition coefficient (Wildman–Crippen LogP) is 2.82. The molecule has 1 aliphatic rings. The maximum atomic E-state index is 12.9. The number of halogens is 1. The molecule has 1 heterocycles. The average Bonchev–Trinajstić information content (AvgIpc) is 2.93. The zero-order valence-corrected chi connectivity index (χ0v) is 17.2. The van der Waals surface area contributed by atoms with Gasteiger partial charge in [0.05, 0.1) is 12.0 Å². The number of anilines is 1. The summed E-state index contributed by atoms with van der Waals surface area (Å²) in [6.07, 6.45) is 0.825. The lowest BCUT2D eigenvalue weighted by Crippen LogP contribution is -2.45. The number of fused-ring (bicyclic) bond motifs is 1. The highest BCUT2D eigenvalue weighted by atomic mass is 79.9. The largest absolute Gasteiger partial charge is 0.468 e. The van der Waals surface area contributed by atoms with Gasteiger partial charge in [0.25, 0.3) is 0 Å². The molecule has 0 unspecified atom stereocenters. The molecule has 25 heavy (non-hydrogen) atoms. The van der Waals surface area contributed by atoms with Gasteiger partial charge in [0.1, 0.15) is 6.04 Å². The van der Waals surface area contributed by atoms with Crippen LogP contribution >= 0.6 is 15.9 Å². The quantitative estimate of drug-likeness (QED) is 0.702. The van der Waals surface area contributed by atoms with E-state index in [-0.39, 0.29) is 10.8 Å². The first-order chi connectivity index (χ1) is 11.6. The summed E-state index contributed by atoms with van der Waals surface area (Å²) in [5.74, 6) is -0.859. The molecule has 0 saturated carbocycles. The Kier molecular flexibility index (Phi) is 5.96. The number of carbonyl (C=O) groups is 1. The molecule has 0 radical (unpaired) electrons. The van der Waals surface area contributed by atoms with Crippen LogP contribution in [-0.4, -0.2) is 34.1 Å². The molecule has 0 saturated heterocycles. The Balaban J connectivity index is 2.45. The Labute approximate surface area is 157 Å². The molecule has 8 heteroatoms. The lowest BCUT2D eigenvalue weighted by Gasteiger charge is -2.22. The molecule has 2 rings (SSSR count). The normalized spacial score (nSPS) is 15.2. The summed E-state index contributed by atoms with van der Waals surface area (Å²) in [6, 6.07) is 2.49. The van der Waals surface area contributed by atoms with Crippen molar-refractivity contribution in [2.45, 2.75) is 38.1 Å². The Morgan fingerprint density at radius 3 is 2.56 bits per heavy atom. The highest BCUT2D eigenvalue weighted by Gasteiger charge is 2.32. The first-order valence-electron chi connectivity index (χ1n) is 7.94. The van der Waals surface area contributed by atoms with Gasteiger partial charge < -0.3 is 9.64 Å². The summed E-state index contributed by atoms with van der Waals surface area (Å²) in [7, 11) is -2.68. The number of methoxy groups -OCH3 is 1. The van der Waals surface area contributed by atoms with E-state index in [2.05, 4.69) is 27.2 Å². The molecule has 1 aromatic carbocycles. The van der Waals surface area contributed by atoms with Crippen LogP contribution in [0.4, 0.5) is 5.69 Å². The van der Waals surface area contributed by atoms with Crippen molar-refractivity contribution in [2.75, 3.05) is 18.6 Å². The monoisotopic (exact) mass is 430 g/mol. The van der Waals surface area contributed by atoms with Crippen molar-refractivity contribution in [1.29, 1.82) is 0 Å². The number of nitrogens with zero attached hydrogens (tertiary/aromatic N) is 1. The second-order valence-electron chi connectivity index (χ2n) is 6.41. The molecule has 0 spiro atoms. The SMILES string of the molecule is C=C(C)N1CCc2cc(Br)c(S(=O)(=O)N[C@@H](C(=O)OC)C(C)C)cc21. The number of hydrogen-bond acceptors (Lipinski definition) is 5. The van der Waals surface area contributed by atoms with Crippen LogP contribution < -0.4 is 9.62 Å². The third kappa shape index (κ3) is 4.07. The van der Waals surface area contributed by atoms with Gasteiger partial charge in [-0.2, -0.15) is 4.72 Å². The zero-order chi connectivity index (χ0) is 18.9. The zero-order valence-electron chi connectivity index (χ0n) is 14.8. The average molecular weight is 431 g/mol. The number of esters is 1. The van der Waals surface area contributed by atoms with E-state index in [1.54, 1.807) is 19.9 Å². The molecule has 0 aliphatic carbocycles. The maximum absolute atomic E-state index is 12.9. The fraction of sp³-hybridized carbons (Fsp3) is 0.471. The molecule has 1 aliphatic heterocycles.